The summed E-state index contributed by atoms with van der Waals surface area (Å²) in [6.45, 7) is 0.643. The number of nitrogens with zero attached hydrogens (tertiary/aromatic N) is 2. The quantitative estimate of drug-likeness (QED) is 0.613. The first-order valence-electron chi connectivity index (χ1n) is 8.19. The molecule has 0 unspecified atom stereocenters. The fraction of sp³-hybridized carbons (Fsp3) is 0.150. The highest BCUT2D eigenvalue weighted by Gasteiger charge is 2.11. The Kier molecular flexibility index (Phi) is 5.77. The van der Waals surface area contributed by atoms with Crippen LogP contribution in [0, 0.1) is 0 Å². The Labute approximate surface area is 150 Å². The van der Waals surface area contributed by atoms with Gasteiger partial charge in [0.25, 0.3) is 5.56 Å². The van der Waals surface area contributed by atoms with Crippen LogP contribution in [-0.4, -0.2) is 22.4 Å². The maximum atomic E-state index is 12.1. The zero-order valence-corrected chi connectivity index (χ0v) is 14.1. The molecule has 0 bridgehead atoms. The van der Waals surface area contributed by atoms with Gasteiger partial charge < -0.3 is 9.47 Å². The molecule has 0 radical (unpaired) electrons. The molecule has 0 N–H and O–H groups in total. The predicted molar refractivity (Wildman–Crippen MR) is 96.0 cm³/mol. The number of hydrogen-bond acceptors (Lipinski definition) is 5. The summed E-state index contributed by atoms with van der Waals surface area (Å²) in [5, 5.41) is 4.07. The maximum absolute atomic E-state index is 12.1. The van der Waals surface area contributed by atoms with Crippen molar-refractivity contribution in [3.8, 4) is 5.75 Å². The molecule has 1 heterocycles. The van der Waals surface area contributed by atoms with Gasteiger partial charge in [-0.25, -0.2) is 9.48 Å². The molecule has 0 aliphatic rings. The first-order valence-corrected chi connectivity index (χ1v) is 8.19. The van der Waals surface area contributed by atoms with E-state index in [4.69, 9.17) is 9.47 Å². The van der Waals surface area contributed by atoms with E-state index in [9.17, 15) is 9.59 Å². The topological polar surface area (TPSA) is 70.4 Å². The lowest BCUT2D eigenvalue weighted by atomic mass is 10.2. The van der Waals surface area contributed by atoms with E-state index >= 15 is 0 Å². The summed E-state index contributed by atoms with van der Waals surface area (Å²) in [7, 11) is 0. The summed E-state index contributed by atoms with van der Waals surface area (Å²) in [5.74, 6) is 0.130. The molecule has 6 nitrogen and oxygen atoms in total. The highest BCUT2D eigenvalue weighted by molar-refractivity contribution is 5.86. The van der Waals surface area contributed by atoms with Crippen LogP contribution in [0.1, 0.15) is 16.1 Å². The Bertz CT molecular complexity index is 908. The molecule has 1 aromatic heterocycles. The SMILES string of the molecule is O=C(OCc1ccccc1)c1ccc(=O)n(CCOc2ccccc2)n1. The van der Waals surface area contributed by atoms with E-state index in [1.165, 1.54) is 16.8 Å². The summed E-state index contributed by atoms with van der Waals surface area (Å²) >= 11 is 0. The monoisotopic (exact) mass is 350 g/mol. The third kappa shape index (κ3) is 4.80. The molecule has 3 aromatic rings. The van der Waals surface area contributed by atoms with Crippen molar-refractivity contribution >= 4 is 5.97 Å². The molecule has 0 aliphatic carbocycles. The zero-order valence-electron chi connectivity index (χ0n) is 14.1. The first kappa shape index (κ1) is 17.4. The molecule has 26 heavy (non-hydrogen) atoms. The number of carbonyl (C=O) groups is 1. The second-order valence-electron chi connectivity index (χ2n) is 5.50. The number of ether oxygens (including phenoxy) is 2. The Morgan fingerprint density at radius 2 is 1.62 bits per heavy atom. The van der Waals surface area contributed by atoms with Crippen LogP contribution in [0.5, 0.6) is 5.75 Å². The minimum absolute atomic E-state index is 0.0836. The lowest BCUT2D eigenvalue weighted by Gasteiger charge is -2.09. The normalized spacial score (nSPS) is 10.3. The van der Waals surface area contributed by atoms with Crippen molar-refractivity contribution in [3.05, 3.63) is 94.4 Å². The molecule has 2 aromatic carbocycles. The van der Waals surface area contributed by atoms with Crippen molar-refractivity contribution in [2.45, 2.75) is 13.2 Å². The van der Waals surface area contributed by atoms with Crippen LogP contribution >= 0.6 is 0 Å². The molecule has 6 heteroatoms. The van der Waals surface area contributed by atoms with Crippen LogP contribution in [0.2, 0.25) is 0 Å². The molecular formula is C20H18N2O4. The van der Waals surface area contributed by atoms with Crippen molar-refractivity contribution in [2.24, 2.45) is 0 Å². The fourth-order valence-corrected chi connectivity index (χ4v) is 2.28. The van der Waals surface area contributed by atoms with E-state index < -0.39 is 5.97 Å². The van der Waals surface area contributed by atoms with Gasteiger partial charge in [0.15, 0.2) is 5.69 Å². The van der Waals surface area contributed by atoms with Crippen LogP contribution in [-0.2, 0) is 17.9 Å². The summed E-state index contributed by atoms with van der Waals surface area (Å²) in [6.07, 6.45) is 0. The van der Waals surface area contributed by atoms with Crippen LogP contribution < -0.4 is 10.3 Å². The Hall–Kier alpha value is -3.41. The Morgan fingerprint density at radius 3 is 2.35 bits per heavy atom. The molecule has 0 atom stereocenters. The van der Waals surface area contributed by atoms with Crippen LogP contribution in [0.25, 0.3) is 0 Å². The van der Waals surface area contributed by atoms with Gasteiger partial charge in [-0.2, -0.15) is 5.10 Å². The van der Waals surface area contributed by atoms with Crippen LogP contribution in [0.4, 0.5) is 0 Å². The van der Waals surface area contributed by atoms with Crippen molar-refractivity contribution < 1.29 is 14.3 Å². The number of esters is 1. The number of rotatable bonds is 7. The second kappa shape index (κ2) is 8.62. The number of para-hydroxylation sites is 1. The minimum Gasteiger partial charge on any atom is -0.492 e. The van der Waals surface area contributed by atoms with E-state index in [-0.39, 0.29) is 31.0 Å². The van der Waals surface area contributed by atoms with Gasteiger partial charge in [0.05, 0.1) is 6.54 Å². The van der Waals surface area contributed by atoms with Gasteiger partial charge in [0, 0.05) is 6.07 Å². The summed E-state index contributed by atoms with van der Waals surface area (Å²) < 4.78 is 12.0. The maximum Gasteiger partial charge on any atom is 0.359 e. The minimum atomic E-state index is -0.577. The van der Waals surface area contributed by atoms with Crippen molar-refractivity contribution in [1.82, 2.24) is 9.78 Å². The van der Waals surface area contributed by atoms with E-state index in [1.807, 2.05) is 60.7 Å². The molecule has 0 spiro atoms. The Balaban J connectivity index is 1.59. The molecule has 0 amide bonds. The van der Waals surface area contributed by atoms with Gasteiger partial charge in [-0.3, -0.25) is 4.79 Å². The van der Waals surface area contributed by atoms with Crippen LogP contribution in [0.3, 0.4) is 0 Å². The van der Waals surface area contributed by atoms with Gasteiger partial charge >= 0.3 is 5.97 Å². The number of hydrogen-bond donors (Lipinski definition) is 0. The average molecular weight is 350 g/mol. The first-order chi connectivity index (χ1) is 12.7. The van der Waals surface area contributed by atoms with Gasteiger partial charge in [-0.15, -0.1) is 0 Å². The number of benzene rings is 2. The Morgan fingerprint density at radius 1 is 0.923 bits per heavy atom. The zero-order chi connectivity index (χ0) is 18.2. The molecule has 0 saturated carbocycles. The highest BCUT2D eigenvalue weighted by Crippen LogP contribution is 2.08. The highest BCUT2D eigenvalue weighted by atomic mass is 16.5. The predicted octanol–water partition coefficient (Wildman–Crippen LogP) is 2.68. The average Bonchev–Trinajstić information content (AvgIpc) is 2.69. The standard InChI is InChI=1S/C20H18N2O4/c23-19-12-11-18(20(24)26-15-16-7-3-1-4-8-16)21-22(19)13-14-25-17-9-5-2-6-10-17/h1-12H,13-15H2. The van der Waals surface area contributed by atoms with Crippen LogP contribution in [0.15, 0.2) is 77.6 Å². The van der Waals surface area contributed by atoms with Gasteiger partial charge in [0.1, 0.15) is 19.0 Å². The molecular weight excluding hydrogens is 332 g/mol. The molecule has 0 saturated heterocycles. The van der Waals surface area contributed by atoms with Gasteiger partial charge in [-0.1, -0.05) is 48.5 Å². The van der Waals surface area contributed by atoms with Crippen molar-refractivity contribution in [3.63, 3.8) is 0 Å². The van der Waals surface area contributed by atoms with E-state index in [0.717, 1.165) is 5.56 Å². The number of carbonyl (C=O) groups excluding carboxylic acids is 1. The van der Waals surface area contributed by atoms with Crippen molar-refractivity contribution in [1.29, 1.82) is 0 Å². The van der Waals surface area contributed by atoms with Gasteiger partial charge in [-0.05, 0) is 23.8 Å². The smallest absolute Gasteiger partial charge is 0.359 e. The van der Waals surface area contributed by atoms with E-state index in [2.05, 4.69) is 5.10 Å². The molecule has 0 fully saturated rings. The second-order valence-corrected chi connectivity index (χ2v) is 5.50. The van der Waals surface area contributed by atoms with Gasteiger partial charge in [0.2, 0.25) is 0 Å². The summed E-state index contributed by atoms with van der Waals surface area (Å²) in [4.78, 5) is 24.1. The number of aromatic nitrogens is 2. The lowest BCUT2D eigenvalue weighted by molar-refractivity contribution is 0.0462. The third-order valence-corrected chi connectivity index (χ3v) is 3.60. The summed E-state index contributed by atoms with van der Waals surface area (Å²) in [5.41, 5.74) is 0.659. The van der Waals surface area contributed by atoms with E-state index in [1.54, 1.807) is 0 Å². The molecule has 132 valence electrons. The lowest BCUT2D eigenvalue weighted by Crippen LogP contribution is -2.27. The summed E-state index contributed by atoms with van der Waals surface area (Å²) in [6, 6.07) is 21.3. The third-order valence-electron chi connectivity index (χ3n) is 3.60. The van der Waals surface area contributed by atoms with E-state index in [0.29, 0.717) is 5.75 Å². The molecule has 3 rings (SSSR count). The molecule has 0 aliphatic heterocycles. The van der Waals surface area contributed by atoms with Crippen molar-refractivity contribution in [2.75, 3.05) is 6.61 Å². The fourth-order valence-electron chi connectivity index (χ4n) is 2.28. The largest absolute Gasteiger partial charge is 0.492 e.